The number of rotatable bonds is 4. The smallest absolute Gasteiger partial charge is 0.253 e. The molecule has 1 aliphatic rings. The van der Waals surface area contributed by atoms with E-state index in [-0.39, 0.29) is 17.2 Å². The number of amides is 2. The predicted octanol–water partition coefficient (Wildman–Crippen LogP) is 3.15. The maximum absolute atomic E-state index is 12.7. The summed E-state index contributed by atoms with van der Waals surface area (Å²) < 4.78 is 0. The SMILES string of the molecule is CC(C)(C)CN1CCN(C(=O)c2ccc(CNC(=O)C(C)(C)C)cc2)CC1. The quantitative estimate of drug-likeness (QED) is 0.882. The van der Waals surface area contributed by atoms with Gasteiger partial charge in [-0.15, -0.1) is 0 Å². The predicted molar refractivity (Wildman–Crippen MR) is 110 cm³/mol. The third kappa shape index (κ3) is 6.65. The Labute approximate surface area is 164 Å². The van der Waals surface area contributed by atoms with Crippen molar-refractivity contribution in [1.29, 1.82) is 0 Å². The highest BCUT2D eigenvalue weighted by Crippen LogP contribution is 2.18. The lowest BCUT2D eigenvalue weighted by Gasteiger charge is -2.37. The van der Waals surface area contributed by atoms with Crippen LogP contribution in [0.15, 0.2) is 24.3 Å². The first-order valence-electron chi connectivity index (χ1n) is 9.85. The molecule has 0 saturated carbocycles. The van der Waals surface area contributed by atoms with Crippen LogP contribution in [-0.2, 0) is 11.3 Å². The molecule has 0 aliphatic carbocycles. The average Bonchev–Trinajstić information content (AvgIpc) is 2.58. The lowest BCUT2D eigenvalue weighted by Crippen LogP contribution is -2.50. The fourth-order valence-electron chi connectivity index (χ4n) is 3.18. The average molecular weight is 374 g/mol. The molecule has 1 fully saturated rings. The molecule has 150 valence electrons. The van der Waals surface area contributed by atoms with E-state index in [9.17, 15) is 9.59 Å². The van der Waals surface area contributed by atoms with E-state index in [1.807, 2.05) is 49.9 Å². The fourth-order valence-corrected chi connectivity index (χ4v) is 3.18. The Morgan fingerprint density at radius 3 is 1.96 bits per heavy atom. The molecule has 2 amide bonds. The van der Waals surface area contributed by atoms with Crippen LogP contribution < -0.4 is 5.32 Å². The van der Waals surface area contributed by atoms with Gasteiger partial charge in [0.15, 0.2) is 0 Å². The Hall–Kier alpha value is -1.88. The van der Waals surface area contributed by atoms with Crippen molar-refractivity contribution in [3.8, 4) is 0 Å². The number of nitrogens with one attached hydrogen (secondary N) is 1. The maximum Gasteiger partial charge on any atom is 0.253 e. The number of piperazine rings is 1. The molecule has 0 aromatic heterocycles. The van der Waals surface area contributed by atoms with E-state index in [0.29, 0.717) is 12.1 Å². The molecular weight excluding hydrogens is 338 g/mol. The van der Waals surface area contributed by atoms with E-state index >= 15 is 0 Å². The zero-order valence-electron chi connectivity index (χ0n) is 17.8. The van der Waals surface area contributed by atoms with Crippen molar-refractivity contribution in [1.82, 2.24) is 15.1 Å². The van der Waals surface area contributed by atoms with Gasteiger partial charge in [-0.1, -0.05) is 53.7 Å². The second kappa shape index (κ2) is 8.42. The molecule has 5 heteroatoms. The minimum absolute atomic E-state index is 0.0239. The zero-order valence-corrected chi connectivity index (χ0v) is 17.8. The van der Waals surface area contributed by atoms with Crippen molar-refractivity contribution < 1.29 is 9.59 Å². The lowest BCUT2D eigenvalue weighted by molar-refractivity contribution is -0.128. The van der Waals surface area contributed by atoms with Crippen molar-refractivity contribution >= 4 is 11.8 Å². The molecule has 0 unspecified atom stereocenters. The molecule has 1 aromatic rings. The van der Waals surface area contributed by atoms with Gasteiger partial charge in [-0.3, -0.25) is 14.5 Å². The van der Waals surface area contributed by atoms with E-state index in [0.717, 1.165) is 38.3 Å². The largest absolute Gasteiger partial charge is 0.352 e. The molecule has 2 rings (SSSR count). The van der Waals surface area contributed by atoms with Gasteiger partial charge in [-0.25, -0.2) is 0 Å². The topological polar surface area (TPSA) is 52.6 Å². The van der Waals surface area contributed by atoms with Gasteiger partial charge in [-0.05, 0) is 23.1 Å². The van der Waals surface area contributed by atoms with Gasteiger partial charge >= 0.3 is 0 Å². The first kappa shape index (κ1) is 21.4. The Bertz CT molecular complexity index is 646. The van der Waals surface area contributed by atoms with Crippen LogP contribution in [0.3, 0.4) is 0 Å². The first-order valence-corrected chi connectivity index (χ1v) is 9.85. The van der Waals surface area contributed by atoms with Gasteiger partial charge in [-0.2, -0.15) is 0 Å². The van der Waals surface area contributed by atoms with Crippen LogP contribution in [0.4, 0.5) is 0 Å². The van der Waals surface area contributed by atoms with Gasteiger partial charge in [0.1, 0.15) is 0 Å². The summed E-state index contributed by atoms with van der Waals surface area (Å²) in [6, 6.07) is 7.57. The molecule has 0 spiro atoms. The van der Waals surface area contributed by atoms with Crippen molar-refractivity contribution in [3.63, 3.8) is 0 Å². The Kier molecular flexibility index (Phi) is 6.68. The van der Waals surface area contributed by atoms with E-state index in [4.69, 9.17) is 0 Å². The number of hydrogen-bond acceptors (Lipinski definition) is 3. The zero-order chi connectivity index (χ0) is 20.2. The summed E-state index contributed by atoms with van der Waals surface area (Å²) >= 11 is 0. The lowest BCUT2D eigenvalue weighted by atomic mass is 9.95. The van der Waals surface area contributed by atoms with Crippen molar-refractivity contribution in [2.45, 2.75) is 48.1 Å². The number of hydrogen-bond donors (Lipinski definition) is 1. The number of carbonyl (C=O) groups is 2. The van der Waals surface area contributed by atoms with E-state index in [1.165, 1.54) is 0 Å². The molecule has 1 aromatic carbocycles. The molecule has 1 heterocycles. The van der Waals surface area contributed by atoms with Crippen LogP contribution in [0.25, 0.3) is 0 Å². The van der Waals surface area contributed by atoms with E-state index in [1.54, 1.807) is 0 Å². The molecule has 0 atom stereocenters. The van der Waals surface area contributed by atoms with E-state index < -0.39 is 5.41 Å². The summed E-state index contributed by atoms with van der Waals surface area (Å²) in [6.45, 7) is 17.4. The molecule has 0 bridgehead atoms. The maximum atomic E-state index is 12.7. The van der Waals surface area contributed by atoms with Crippen LogP contribution in [0.5, 0.6) is 0 Å². The summed E-state index contributed by atoms with van der Waals surface area (Å²) in [5.41, 5.74) is 1.60. The fraction of sp³-hybridized carbons (Fsp3) is 0.636. The Morgan fingerprint density at radius 1 is 0.926 bits per heavy atom. The minimum Gasteiger partial charge on any atom is -0.352 e. The molecule has 1 aliphatic heterocycles. The van der Waals surface area contributed by atoms with Crippen molar-refractivity contribution in [2.24, 2.45) is 10.8 Å². The van der Waals surface area contributed by atoms with Gasteiger partial charge in [0, 0.05) is 50.2 Å². The first-order chi connectivity index (χ1) is 12.5. The number of benzene rings is 1. The summed E-state index contributed by atoms with van der Waals surface area (Å²) in [5.74, 6) is 0.117. The molecular formula is C22H35N3O2. The third-order valence-electron chi connectivity index (χ3n) is 4.69. The number of nitrogens with zero attached hydrogens (tertiary/aromatic N) is 2. The van der Waals surface area contributed by atoms with Gasteiger partial charge in [0.25, 0.3) is 5.91 Å². The van der Waals surface area contributed by atoms with Crippen LogP contribution in [0.1, 0.15) is 57.5 Å². The van der Waals surface area contributed by atoms with Crippen LogP contribution in [-0.4, -0.2) is 54.3 Å². The highest BCUT2D eigenvalue weighted by atomic mass is 16.2. The Morgan fingerprint density at radius 2 is 1.48 bits per heavy atom. The second-order valence-corrected chi connectivity index (χ2v) is 9.76. The Balaban J connectivity index is 1.86. The van der Waals surface area contributed by atoms with Crippen molar-refractivity contribution in [3.05, 3.63) is 35.4 Å². The monoisotopic (exact) mass is 373 g/mol. The summed E-state index contributed by atoms with van der Waals surface area (Å²) in [5, 5.41) is 2.93. The van der Waals surface area contributed by atoms with Gasteiger partial charge in [0.05, 0.1) is 0 Å². The van der Waals surface area contributed by atoms with Gasteiger partial charge < -0.3 is 10.2 Å². The highest BCUT2D eigenvalue weighted by Gasteiger charge is 2.25. The van der Waals surface area contributed by atoms with Crippen LogP contribution in [0.2, 0.25) is 0 Å². The standard InChI is InChI=1S/C22H35N3O2/c1-21(2,3)16-24-11-13-25(14-12-24)19(26)18-9-7-17(8-10-18)15-23-20(27)22(4,5)6/h7-10H,11-16H2,1-6H3,(H,23,27). The molecule has 1 N–H and O–H groups in total. The molecule has 27 heavy (non-hydrogen) atoms. The van der Waals surface area contributed by atoms with E-state index in [2.05, 4.69) is 31.0 Å². The molecule has 0 radical (unpaired) electrons. The van der Waals surface area contributed by atoms with Crippen LogP contribution in [0, 0.1) is 10.8 Å². The normalized spacial score (nSPS) is 16.3. The second-order valence-electron chi connectivity index (χ2n) is 9.76. The third-order valence-corrected chi connectivity index (χ3v) is 4.69. The van der Waals surface area contributed by atoms with Crippen molar-refractivity contribution in [2.75, 3.05) is 32.7 Å². The summed E-state index contributed by atoms with van der Waals surface area (Å²) in [7, 11) is 0. The summed E-state index contributed by atoms with van der Waals surface area (Å²) in [4.78, 5) is 29.1. The highest BCUT2D eigenvalue weighted by molar-refractivity contribution is 5.94. The summed E-state index contributed by atoms with van der Waals surface area (Å²) in [6.07, 6.45) is 0. The molecule has 5 nitrogen and oxygen atoms in total. The van der Waals surface area contributed by atoms with Crippen LogP contribution >= 0.6 is 0 Å². The molecule has 1 saturated heterocycles. The number of carbonyl (C=O) groups excluding carboxylic acids is 2. The van der Waals surface area contributed by atoms with Gasteiger partial charge in [0.2, 0.25) is 5.91 Å². The minimum atomic E-state index is -0.398.